The van der Waals surface area contributed by atoms with Crippen LogP contribution in [0, 0.1) is 3.57 Å². The van der Waals surface area contributed by atoms with Gasteiger partial charge < -0.3 is 30.4 Å². The number of ether oxygens (including phenoxy) is 4. The van der Waals surface area contributed by atoms with Crippen molar-refractivity contribution in [2.75, 3.05) is 25.1 Å². The number of fused-ring (bicyclic) bond motifs is 2. The Hall–Kier alpha value is -4.11. The van der Waals surface area contributed by atoms with Crippen molar-refractivity contribution in [2.45, 2.75) is 0 Å². The van der Waals surface area contributed by atoms with Gasteiger partial charge in [-0.1, -0.05) is 55.1 Å². The molecular formula is C30H27IN2O4. The van der Waals surface area contributed by atoms with E-state index in [4.69, 9.17) is 30.4 Å². The summed E-state index contributed by atoms with van der Waals surface area (Å²) in [5.74, 6) is 3.31. The van der Waals surface area contributed by atoms with E-state index in [1.807, 2.05) is 97.1 Å². The lowest BCUT2D eigenvalue weighted by atomic mass is 10.1. The lowest BCUT2D eigenvalue weighted by Crippen LogP contribution is -1.92. The Bertz CT molecular complexity index is 1370. The molecule has 4 aromatic carbocycles. The molecule has 7 heteroatoms. The van der Waals surface area contributed by atoms with Crippen molar-refractivity contribution in [3.05, 3.63) is 112 Å². The molecule has 2 heterocycles. The summed E-state index contributed by atoms with van der Waals surface area (Å²) < 4.78 is 22.1. The van der Waals surface area contributed by atoms with Gasteiger partial charge in [0.1, 0.15) is 0 Å². The van der Waals surface area contributed by atoms with Crippen LogP contribution in [0.2, 0.25) is 0 Å². The van der Waals surface area contributed by atoms with Crippen molar-refractivity contribution in [1.29, 1.82) is 0 Å². The van der Waals surface area contributed by atoms with Gasteiger partial charge in [-0.15, -0.1) is 0 Å². The highest BCUT2D eigenvalue weighted by Gasteiger charge is 2.12. The average molecular weight is 606 g/mol. The fourth-order valence-electron chi connectivity index (χ4n) is 3.32. The Morgan fingerprint density at radius 2 is 1.03 bits per heavy atom. The lowest BCUT2D eigenvalue weighted by Gasteiger charge is -1.98. The molecular weight excluding hydrogens is 579 g/mol. The fourth-order valence-corrected chi connectivity index (χ4v) is 3.78. The number of halogens is 1. The Morgan fingerprint density at radius 1 is 0.568 bits per heavy atom. The second-order valence-corrected chi connectivity index (χ2v) is 9.23. The van der Waals surface area contributed by atoms with E-state index in [1.165, 1.54) is 3.57 Å². The molecule has 0 aliphatic carbocycles. The van der Waals surface area contributed by atoms with Gasteiger partial charge in [0.25, 0.3) is 0 Å². The van der Waals surface area contributed by atoms with Crippen LogP contribution in [-0.4, -0.2) is 13.6 Å². The van der Waals surface area contributed by atoms with Crippen LogP contribution in [0.3, 0.4) is 0 Å². The van der Waals surface area contributed by atoms with Crippen molar-refractivity contribution in [3.63, 3.8) is 0 Å². The Balaban J connectivity index is 0.000000143. The summed E-state index contributed by atoms with van der Waals surface area (Å²) in [5, 5.41) is 0. The van der Waals surface area contributed by atoms with Gasteiger partial charge in [-0.2, -0.15) is 0 Å². The van der Waals surface area contributed by atoms with E-state index in [0.717, 1.165) is 51.1 Å². The van der Waals surface area contributed by atoms with Crippen LogP contribution in [0.4, 0.5) is 11.4 Å². The van der Waals surface area contributed by atoms with E-state index >= 15 is 0 Å². The van der Waals surface area contributed by atoms with Crippen LogP contribution >= 0.6 is 22.6 Å². The third-order valence-electron chi connectivity index (χ3n) is 5.31. The first kappa shape index (κ1) is 26.0. The molecule has 6 nitrogen and oxygen atoms in total. The largest absolute Gasteiger partial charge is 0.454 e. The summed E-state index contributed by atoms with van der Waals surface area (Å²) in [5.41, 5.74) is 15.9. The number of nitrogen functional groups attached to an aromatic ring is 2. The highest BCUT2D eigenvalue weighted by atomic mass is 127. The molecule has 0 aromatic heterocycles. The summed E-state index contributed by atoms with van der Waals surface area (Å²) in [4.78, 5) is 0. The minimum Gasteiger partial charge on any atom is -0.454 e. The van der Waals surface area contributed by atoms with Crippen LogP contribution in [0.1, 0.15) is 16.7 Å². The van der Waals surface area contributed by atoms with E-state index in [0.29, 0.717) is 13.6 Å². The minimum absolute atomic E-state index is 0.306. The first-order chi connectivity index (χ1) is 18.0. The monoisotopic (exact) mass is 606 g/mol. The van der Waals surface area contributed by atoms with Gasteiger partial charge in [0, 0.05) is 14.9 Å². The molecule has 0 amide bonds. The minimum atomic E-state index is 0.306. The molecule has 0 saturated carbocycles. The standard InChI is InChI=1S/C15H13NO2.C8H9N.C7H5IO2/c16-13-6-3-11(4-7-13)1-2-12-5-8-14-15(9-12)18-10-17-14;1-2-7-3-5-8(9)6-4-7;8-5-1-2-6-7(3-5)10-4-9-6/h1-9H,10,16H2;2-6H,1,9H2;1-3H,4H2/b2-1+;;. The summed E-state index contributed by atoms with van der Waals surface area (Å²) in [6, 6.07) is 27.1. The van der Waals surface area contributed by atoms with Crippen molar-refractivity contribution >= 4 is 52.2 Å². The maximum atomic E-state index is 5.64. The maximum Gasteiger partial charge on any atom is 0.231 e. The average Bonchev–Trinajstić information content (AvgIpc) is 3.58. The van der Waals surface area contributed by atoms with Gasteiger partial charge in [-0.3, -0.25) is 0 Å². The highest BCUT2D eigenvalue weighted by molar-refractivity contribution is 14.1. The summed E-state index contributed by atoms with van der Waals surface area (Å²) in [7, 11) is 0. The van der Waals surface area contributed by atoms with Gasteiger partial charge in [-0.05, 0) is 93.9 Å². The normalized spacial score (nSPS) is 12.2. The molecule has 2 aliphatic heterocycles. The van der Waals surface area contributed by atoms with Crippen molar-refractivity contribution in [1.82, 2.24) is 0 Å². The van der Waals surface area contributed by atoms with Gasteiger partial charge in [-0.25, -0.2) is 0 Å². The zero-order valence-corrected chi connectivity index (χ0v) is 22.3. The summed E-state index contributed by atoms with van der Waals surface area (Å²) in [6.45, 7) is 4.28. The van der Waals surface area contributed by atoms with E-state index in [2.05, 4.69) is 29.2 Å². The number of hydrogen-bond donors (Lipinski definition) is 2. The number of rotatable bonds is 3. The third-order valence-corrected chi connectivity index (χ3v) is 5.98. The van der Waals surface area contributed by atoms with Crippen LogP contribution in [-0.2, 0) is 0 Å². The molecule has 0 fully saturated rings. The highest BCUT2D eigenvalue weighted by Crippen LogP contribution is 2.33. The number of benzene rings is 4. The third kappa shape index (κ3) is 7.68. The van der Waals surface area contributed by atoms with Crippen molar-refractivity contribution in [2.24, 2.45) is 0 Å². The van der Waals surface area contributed by atoms with E-state index in [1.54, 1.807) is 6.08 Å². The molecule has 0 atom stereocenters. The van der Waals surface area contributed by atoms with E-state index in [9.17, 15) is 0 Å². The SMILES string of the molecule is C=Cc1ccc(N)cc1.Ic1ccc2c(c1)OCO2.Nc1ccc(/C=C/c2ccc3c(c2)OCO3)cc1. The molecule has 0 saturated heterocycles. The molecule has 4 aromatic rings. The maximum absolute atomic E-state index is 5.64. The zero-order chi connectivity index (χ0) is 26.0. The molecule has 188 valence electrons. The number of anilines is 2. The quantitative estimate of drug-likeness (QED) is 0.147. The number of hydrogen-bond acceptors (Lipinski definition) is 6. The first-order valence-electron chi connectivity index (χ1n) is 11.5. The van der Waals surface area contributed by atoms with Crippen LogP contribution in [0.15, 0.2) is 91.5 Å². The van der Waals surface area contributed by atoms with E-state index in [-0.39, 0.29) is 0 Å². The van der Waals surface area contributed by atoms with Crippen molar-refractivity contribution < 1.29 is 18.9 Å². The van der Waals surface area contributed by atoms with Gasteiger partial charge in [0.2, 0.25) is 13.6 Å². The molecule has 4 N–H and O–H groups in total. The molecule has 0 spiro atoms. The summed E-state index contributed by atoms with van der Waals surface area (Å²) >= 11 is 2.24. The van der Waals surface area contributed by atoms with E-state index < -0.39 is 0 Å². The Labute approximate surface area is 230 Å². The molecule has 2 aliphatic rings. The fraction of sp³-hybridized carbons (Fsp3) is 0.0667. The number of nitrogens with two attached hydrogens (primary N) is 2. The molecule has 0 unspecified atom stereocenters. The second kappa shape index (κ2) is 12.7. The Kier molecular flexibility index (Phi) is 8.93. The van der Waals surface area contributed by atoms with Gasteiger partial charge in [0.05, 0.1) is 0 Å². The molecule has 0 radical (unpaired) electrons. The molecule has 37 heavy (non-hydrogen) atoms. The smallest absolute Gasteiger partial charge is 0.231 e. The van der Waals surface area contributed by atoms with Gasteiger partial charge in [0.15, 0.2) is 23.0 Å². The predicted octanol–water partition coefficient (Wildman–Crippen LogP) is 7.10. The van der Waals surface area contributed by atoms with Crippen molar-refractivity contribution in [3.8, 4) is 23.0 Å². The molecule has 0 bridgehead atoms. The second-order valence-electron chi connectivity index (χ2n) is 7.98. The summed E-state index contributed by atoms with van der Waals surface area (Å²) in [6.07, 6.45) is 5.86. The molecule has 6 rings (SSSR count). The first-order valence-corrected chi connectivity index (χ1v) is 12.5. The van der Waals surface area contributed by atoms with Crippen LogP contribution in [0.5, 0.6) is 23.0 Å². The zero-order valence-electron chi connectivity index (χ0n) is 20.1. The predicted molar refractivity (Wildman–Crippen MR) is 159 cm³/mol. The van der Waals surface area contributed by atoms with Gasteiger partial charge >= 0.3 is 0 Å². The van der Waals surface area contributed by atoms with Crippen LogP contribution < -0.4 is 30.4 Å². The van der Waals surface area contributed by atoms with Crippen LogP contribution in [0.25, 0.3) is 18.2 Å². The topological polar surface area (TPSA) is 89.0 Å². The lowest BCUT2D eigenvalue weighted by molar-refractivity contribution is 0.173. The Morgan fingerprint density at radius 3 is 1.62 bits per heavy atom.